The van der Waals surface area contributed by atoms with E-state index in [1.54, 1.807) is 0 Å². The van der Waals surface area contributed by atoms with Gasteiger partial charge in [-0.15, -0.1) is 0 Å². The molecule has 1 aromatic carbocycles. The first-order valence-corrected chi connectivity index (χ1v) is 8.00. The van der Waals surface area contributed by atoms with Crippen molar-refractivity contribution in [1.29, 1.82) is 0 Å². The van der Waals surface area contributed by atoms with Gasteiger partial charge in [0.1, 0.15) is 17.2 Å². The minimum atomic E-state index is -1.36. The van der Waals surface area contributed by atoms with E-state index in [2.05, 4.69) is 10.6 Å². The fourth-order valence-electron chi connectivity index (χ4n) is 3.19. The number of carboxylic acid groups (broad SMARTS) is 1. The lowest BCUT2D eigenvalue weighted by molar-refractivity contribution is -0.147. The molecule has 0 spiro atoms. The van der Waals surface area contributed by atoms with Crippen LogP contribution in [0.25, 0.3) is 0 Å². The maximum absolute atomic E-state index is 14.0. The second-order valence-corrected chi connectivity index (χ2v) is 6.24. The van der Waals surface area contributed by atoms with Gasteiger partial charge in [-0.1, -0.05) is 18.9 Å². The van der Waals surface area contributed by atoms with Crippen LogP contribution in [0.4, 0.5) is 8.78 Å². The molecule has 1 unspecified atom stereocenters. The summed E-state index contributed by atoms with van der Waals surface area (Å²) < 4.78 is 28.0. The highest BCUT2D eigenvalue weighted by Crippen LogP contribution is 2.31. The molecular formula is C17H20F2N2O4. The lowest BCUT2D eigenvalue weighted by atomic mass is 9.96. The molecule has 0 aromatic heterocycles. The molecule has 2 amide bonds. The molecule has 0 radical (unpaired) electrons. The normalized spacial score (nSPS) is 16.9. The van der Waals surface area contributed by atoms with Crippen molar-refractivity contribution in [2.45, 2.75) is 50.6 Å². The van der Waals surface area contributed by atoms with Crippen LogP contribution in [0.1, 0.15) is 50.6 Å². The van der Waals surface area contributed by atoms with Crippen molar-refractivity contribution in [3.8, 4) is 0 Å². The summed E-state index contributed by atoms with van der Waals surface area (Å²) in [6.07, 6.45) is 1.47. The van der Waals surface area contributed by atoms with Gasteiger partial charge < -0.3 is 15.7 Å². The van der Waals surface area contributed by atoms with Crippen molar-refractivity contribution in [2.24, 2.45) is 0 Å². The predicted molar refractivity (Wildman–Crippen MR) is 84.5 cm³/mol. The van der Waals surface area contributed by atoms with Crippen molar-refractivity contribution in [3.63, 3.8) is 0 Å². The van der Waals surface area contributed by atoms with Crippen molar-refractivity contribution in [1.82, 2.24) is 10.6 Å². The van der Waals surface area contributed by atoms with Gasteiger partial charge in [-0.3, -0.25) is 9.59 Å². The van der Waals surface area contributed by atoms with Gasteiger partial charge in [-0.2, -0.15) is 0 Å². The fraction of sp³-hybridized carbons (Fsp3) is 0.471. The lowest BCUT2D eigenvalue weighted by Gasteiger charge is -2.27. The molecule has 136 valence electrons. The second-order valence-electron chi connectivity index (χ2n) is 6.24. The topological polar surface area (TPSA) is 95.5 Å². The van der Waals surface area contributed by atoms with Gasteiger partial charge in [0, 0.05) is 12.5 Å². The smallest absolute Gasteiger partial charge is 0.329 e. The largest absolute Gasteiger partial charge is 0.480 e. The van der Waals surface area contributed by atoms with Crippen LogP contribution in [0.3, 0.4) is 0 Å². The minimum absolute atomic E-state index is 0.299. The summed E-state index contributed by atoms with van der Waals surface area (Å²) in [4.78, 5) is 35.2. The van der Waals surface area contributed by atoms with Crippen molar-refractivity contribution < 1.29 is 28.3 Å². The second kappa shape index (κ2) is 7.58. The van der Waals surface area contributed by atoms with E-state index < -0.39 is 53.0 Å². The Bertz CT molecular complexity index is 667. The number of rotatable bonds is 6. The molecule has 1 fully saturated rings. The SMILES string of the molecule is CC(=O)NC(CC(=O)NC1(C(=O)O)CCCC1)c1c(F)cccc1F. The van der Waals surface area contributed by atoms with Crippen LogP contribution in [0.2, 0.25) is 0 Å². The van der Waals surface area contributed by atoms with Crippen LogP contribution in [-0.4, -0.2) is 28.4 Å². The Kier molecular flexibility index (Phi) is 5.71. The first kappa shape index (κ1) is 18.8. The number of carbonyl (C=O) groups excluding carboxylic acids is 2. The molecule has 0 heterocycles. The number of aliphatic carboxylic acids is 1. The summed E-state index contributed by atoms with van der Waals surface area (Å²) in [6.45, 7) is 1.17. The molecule has 25 heavy (non-hydrogen) atoms. The molecule has 1 aliphatic carbocycles. The Balaban J connectivity index is 2.21. The number of carbonyl (C=O) groups is 3. The highest BCUT2D eigenvalue weighted by atomic mass is 19.1. The van der Waals surface area contributed by atoms with Gasteiger partial charge in [0.05, 0.1) is 12.5 Å². The molecule has 6 nitrogen and oxygen atoms in total. The van der Waals surface area contributed by atoms with E-state index in [0.29, 0.717) is 25.7 Å². The van der Waals surface area contributed by atoms with Gasteiger partial charge in [-0.05, 0) is 25.0 Å². The van der Waals surface area contributed by atoms with E-state index in [9.17, 15) is 28.3 Å². The molecule has 2 rings (SSSR count). The van der Waals surface area contributed by atoms with Crippen LogP contribution < -0.4 is 10.6 Å². The van der Waals surface area contributed by atoms with Gasteiger partial charge >= 0.3 is 5.97 Å². The predicted octanol–water partition coefficient (Wildman–Crippen LogP) is 2.05. The van der Waals surface area contributed by atoms with Gasteiger partial charge in [0.15, 0.2) is 0 Å². The first-order chi connectivity index (χ1) is 11.7. The summed E-state index contributed by atoms with van der Waals surface area (Å²) in [7, 11) is 0. The summed E-state index contributed by atoms with van der Waals surface area (Å²) in [5, 5.41) is 14.2. The molecule has 1 atom stereocenters. The average Bonchev–Trinajstić information content (AvgIpc) is 2.96. The third-order valence-corrected chi connectivity index (χ3v) is 4.36. The van der Waals surface area contributed by atoms with E-state index in [0.717, 1.165) is 12.1 Å². The summed E-state index contributed by atoms with van der Waals surface area (Å²) in [6, 6.07) is 2.00. The van der Waals surface area contributed by atoms with E-state index >= 15 is 0 Å². The molecule has 8 heteroatoms. The van der Waals surface area contributed by atoms with Gasteiger partial charge in [0.25, 0.3) is 0 Å². The average molecular weight is 354 g/mol. The molecule has 0 saturated heterocycles. The first-order valence-electron chi connectivity index (χ1n) is 8.00. The van der Waals surface area contributed by atoms with Crippen LogP contribution in [-0.2, 0) is 14.4 Å². The zero-order valence-electron chi connectivity index (χ0n) is 13.8. The minimum Gasteiger partial charge on any atom is -0.480 e. The lowest BCUT2D eigenvalue weighted by Crippen LogP contribution is -2.53. The van der Waals surface area contributed by atoms with Crippen LogP contribution in [0.5, 0.6) is 0 Å². The third kappa shape index (κ3) is 4.32. The fourth-order valence-corrected chi connectivity index (χ4v) is 3.19. The number of hydrogen-bond acceptors (Lipinski definition) is 3. The monoisotopic (exact) mass is 354 g/mol. The Hall–Kier alpha value is -2.51. The number of benzene rings is 1. The molecule has 1 saturated carbocycles. The maximum Gasteiger partial charge on any atom is 0.329 e. The van der Waals surface area contributed by atoms with Gasteiger partial charge in [0.2, 0.25) is 11.8 Å². The molecule has 0 aliphatic heterocycles. The standard InChI is InChI=1S/C17H20F2N2O4/c1-10(22)20-13(15-11(18)5-4-6-12(15)19)9-14(23)21-17(16(24)25)7-2-3-8-17/h4-6,13H,2-3,7-9H2,1H3,(H,20,22)(H,21,23)(H,24,25). The van der Waals surface area contributed by atoms with Crippen LogP contribution >= 0.6 is 0 Å². The quantitative estimate of drug-likeness (QED) is 0.728. The van der Waals surface area contributed by atoms with Crippen LogP contribution in [0.15, 0.2) is 18.2 Å². The third-order valence-electron chi connectivity index (χ3n) is 4.36. The zero-order valence-corrected chi connectivity index (χ0v) is 13.8. The summed E-state index contributed by atoms with van der Waals surface area (Å²) in [5.41, 5.74) is -1.78. The van der Waals surface area contributed by atoms with Crippen molar-refractivity contribution in [2.75, 3.05) is 0 Å². The van der Waals surface area contributed by atoms with E-state index in [4.69, 9.17) is 0 Å². The molecule has 1 aromatic rings. The number of nitrogens with one attached hydrogen (secondary N) is 2. The highest BCUT2D eigenvalue weighted by molar-refractivity contribution is 5.88. The molecule has 3 N–H and O–H groups in total. The van der Waals surface area contributed by atoms with Gasteiger partial charge in [-0.25, -0.2) is 13.6 Å². The Labute approximate surface area is 143 Å². The Morgan fingerprint density at radius 2 is 1.76 bits per heavy atom. The molecule has 1 aliphatic rings. The molecular weight excluding hydrogens is 334 g/mol. The van der Waals surface area contributed by atoms with Crippen molar-refractivity contribution in [3.05, 3.63) is 35.4 Å². The Morgan fingerprint density at radius 3 is 2.24 bits per heavy atom. The zero-order chi connectivity index (χ0) is 18.6. The van der Waals surface area contributed by atoms with Crippen LogP contribution in [0, 0.1) is 11.6 Å². The molecule has 0 bridgehead atoms. The summed E-state index contributed by atoms with van der Waals surface area (Å²) >= 11 is 0. The number of amides is 2. The Morgan fingerprint density at radius 1 is 1.20 bits per heavy atom. The number of carboxylic acids is 1. The summed E-state index contributed by atoms with van der Waals surface area (Å²) in [5.74, 6) is -4.16. The van der Waals surface area contributed by atoms with Crippen molar-refractivity contribution >= 4 is 17.8 Å². The highest BCUT2D eigenvalue weighted by Gasteiger charge is 2.43. The van der Waals surface area contributed by atoms with E-state index in [1.165, 1.54) is 13.0 Å². The van der Waals surface area contributed by atoms with E-state index in [-0.39, 0.29) is 0 Å². The van der Waals surface area contributed by atoms with E-state index in [1.807, 2.05) is 0 Å². The maximum atomic E-state index is 14.0. The number of halogens is 2. The number of hydrogen-bond donors (Lipinski definition) is 3.